The van der Waals surface area contributed by atoms with Crippen molar-refractivity contribution in [2.75, 3.05) is 7.11 Å². The molecule has 2 aromatic rings. The van der Waals surface area contributed by atoms with Gasteiger partial charge in [0.1, 0.15) is 5.75 Å². The minimum atomic E-state index is 0.847. The molecule has 3 heteroatoms. The lowest BCUT2D eigenvalue weighted by atomic mass is 10.1. The van der Waals surface area contributed by atoms with Crippen LogP contribution in [0.1, 0.15) is 18.2 Å². The Morgan fingerprint density at radius 3 is 2.69 bits per heavy atom. The summed E-state index contributed by atoms with van der Waals surface area (Å²) in [4.78, 5) is 4.60. The summed E-state index contributed by atoms with van der Waals surface area (Å²) in [7, 11) is 1.67. The van der Waals surface area contributed by atoms with Gasteiger partial charge in [-0.05, 0) is 53.0 Å². The number of methoxy groups -OCH3 is 1. The van der Waals surface area contributed by atoms with Crippen LogP contribution in [-0.2, 0) is 6.42 Å². The molecule has 2 rings (SSSR count). The molecule has 0 spiro atoms. The Morgan fingerprint density at radius 1 is 1.31 bits per heavy atom. The predicted molar refractivity (Wildman–Crippen MR) is 70.1 cm³/mol. The van der Waals surface area contributed by atoms with Gasteiger partial charge < -0.3 is 4.74 Å². The molecular weight excluding hydrogens is 266 g/mol. The third kappa shape index (κ3) is 1.92. The zero-order valence-electron chi connectivity index (χ0n) is 9.67. The number of aryl methyl sites for hydroxylation is 2. The topological polar surface area (TPSA) is 22.1 Å². The summed E-state index contributed by atoms with van der Waals surface area (Å²) < 4.78 is 6.23. The Kier molecular flexibility index (Phi) is 3.15. The summed E-state index contributed by atoms with van der Waals surface area (Å²) in [6, 6.07) is 6.21. The minimum absolute atomic E-state index is 0.847. The number of aromatic nitrogens is 1. The number of pyridine rings is 1. The summed E-state index contributed by atoms with van der Waals surface area (Å²) in [6.07, 6.45) is 1.01. The van der Waals surface area contributed by atoms with E-state index in [1.54, 1.807) is 7.11 Å². The number of nitrogens with zero attached hydrogens (tertiary/aromatic N) is 1. The molecule has 0 aliphatic heterocycles. The second-order valence-corrected chi connectivity index (χ2v) is 4.62. The molecule has 0 N–H and O–H groups in total. The molecule has 0 atom stereocenters. The van der Waals surface area contributed by atoms with Crippen LogP contribution < -0.4 is 4.74 Å². The average Bonchev–Trinajstić information content (AvgIpc) is 2.27. The normalized spacial score (nSPS) is 10.8. The highest BCUT2D eigenvalue weighted by molar-refractivity contribution is 9.10. The van der Waals surface area contributed by atoms with E-state index in [0.717, 1.165) is 33.2 Å². The highest BCUT2D eigenvalue weighted by atomic mass is 79.9. The van der Waals surface area contributed by atoms with Crippen molar-refractivity contribution >= 4 is 26.8 Å². The van der Waals surface area contributed by atoms with E-state index in [9.17, 15) is 0 Å². The van der Waals surface area contributed by atoms with Gasteiger partial charge in [0.15, 0.2) is 0 Å². The molecule has 1 heterocycles. The summed E-state index contributed by atoms with van der Waals surface area (Å²) in [5.74, 6) is 0.847. The fourth-order valence-electron chi connectivity index (χ4n) is 1.83. The van der Waals surface area contributed by atoms with E-state index >= 15 is 0 Å². The number of hydrogen-bond donors (Lipinski definition) is 0. The maximum Gasteiger partial charge on any atom is 0.133 e. The first-order chi connectivity index (χ1) is 7.65. The lowest BCUT2D eigenvalue weighted by Crippen LogP contribution is -1.93. The molecule has 0 bridgehead atoms. The lowest BCUT2D eigenvalue weighted by molar-refractivity contribution is 0.413. The molecule has 0 fully saturated rings. The molecule has 84 valence electrons. The van der Waals surface area contributed by atoms with Gasteiger partial charge in [0.05, 0.1) is 17.1 Å². The molecule has 0 unspecified atom stereocenters. The van der Waals surface area contributed by atoms with Crippen LogP contribution in [0.2, 0.25) is 0 Å². The fourth-order valence-corrected chi connectivity index (χ4v) is 2.32. The van der Waals surface area contributed by atoms with Gasteiger partial charge in [-0.25, -0.2) is 0 Å². The second kappa shape index (κ2) is 4.42. The summed E-state index contributed by atoms with van der Waals surface area (Å²) in [5, 5.41) is 1.13. The van der Waals surface area contributed by atoms with Gasteiger partial charge >= 0.3 is 0 Å². The number of fused-ring (bicyclic) bond motifs is 1. The van der Waals surface area contributed by atoms with Gasteiger partial charge in [0.2, 0.25) is 0 Å². The van der Waals surface area contributed by atoms with E-state index in [0.29, 0.717) is 0 Å². The van der Waals surface area contributed by atoms with Crippen molar-refractivity contribution in [2.24, 2.45) is 0 Å². The molecule has 1 aromatic carbocycles. The zero-order chi connectivity index (χ0) is 11.7. The van der Waals surface area contributed by atoms with Crippen LogP contribution in [0.3, 0.4) is 0 Å². The molecule has 0 amide bonds. The zero-order valence-corrected chi connectivity index (χ0v) is 11.3. The fraction of sp³-hybridized carbons (Fsp3) is 0.308. The molecule has 0 aliphatic carbocycles. The van der Waals surface area contributed by atoms with Crippen LogP contribution in [0.25, 0.3) is 10.9 Å². The lowest BCUT2D eigenvalue weighted by Gasteiger charge is -2.08. The molecule has 16 heavy (non-hydrogen) atoms. The van der Waals surface area contributed by atoms with E-state index in [1.165, 1.54) is 5.56 Å². The summed E-state index contributed by atoms with van der Waals surface area (Å²) in [6.45, 7) is 4.20. The Balaban J connectivity index is 2.71. The van der Waals surface area contributed by atoms with Gasteiger partial charge in [0.25, 0.3) is 0 Å². The molecule has 0 saturated carbocycles. The predicted octanol–water partition coefficient (Wildman–Crippen LogP) is 3.88. The van der Waals surface area contributed by atoms with E-state index in [-0.39, 0.29) is 0 Å². The van der Waals surface area contributed by atoms with Crippen LogP contribution in [0.5, 0.6) is 5.75 Å². The van der Waals surface area contributed by atoms with Gasteiger partial charge in [-0.1, -0.05) is 6.92 Å². The number of ether oxygens (including phenoxy) is 1. The molecule has 2 nitrogen and oxygen atoms in total. The van der Waals surface area contributed by atoms with Crippen LogP contribution in [0, 0.1) is 6.92 Å². The summed E-state index contributed by atoms with van der Waals surface area (Å²) in [5.41, 5.74) is 3.39. The summed E-state index contributed by atoms with van der Waals surface area (Å²) >= 11 is 3.47. The third-order valence-electron chi connectivity index (χ3n) is 2.76. The molecule has 1 aromatic heterocycles. The van der Waals surface area contributed by atoms with Gasteiger partial charge in [-0.15, -0.1) is 0 Å². The third-order valence-corrected chi connectivity index (χ3v) is 3.38. The maximum absolute atomic E-state index is 5.28. The number of rotatable bonds is 2. The van der Waals surface area contributed by atoms with Crippen LogP contribution in [0.15, 0.2) is 22.7 Å². The Labute approximate surface area is 104 Å². The highest BCUT2D eigenvalue weighted by Gasteiger charge is 2.06. The number of halogens is 1. The van der Waals surface area contributed by atoms with Crippen molar-refractivity contribution in [2.45, 2.75) is 20.3 Å². The van der Waals surface area contributed by atoms with Crippen molar-refractivity contribution < 1.29 is 4.74 Å². The standard InChI is InChI=1S/C13H14BrNO/c1-4-9-5-10-6-13(16-3)11(14)7-12(10)15-8(9)2/h5-7H,4H2,1-3H3. The molecular formula is C13H14BrNO. The number of hydrogen-bond acceptors (Lipinski definition) is 2. The molecule has 0 aliphatic rings. The first-order valence-electron chi connectivity index (χ1n) is 5.29. The Hall–Kier alpha value is -1.09. The van der Waals surface area contributed by atoms with E-state index in [2.05, 4.69) is 40.8 Å². The van der Waals surface area contributed by atoms with Crippen LogP contribution >= 0.6 is 15.9 Å². The first-order valence-corrected chi connectivity index (χ1v) is 6.08. The maximum atomic E-state index is 5.28. The van der Waals surface area contributed by atoms with E-state index in [4.69, 9.17) is 4.74 Å². The Morgan fingerprint density at radius 2 is 2.06 bits per heavy atom. The van der Waals surface area contributed by atoms with Gasteiger partial charge in [0, 0.05) is 11.1 Å². The van der Waals surface area contributed by atoms with Crippen molar-refractivity contribution in [1.82, 2.24) is 4.98 Å². The van der Waals surface area contributed by atoms with Crippen molar-refractivity contribution in [3.63, 3.8) is 0 Å². The highest BCUT2D eigenvalue weighted by Crippen LogP contribution is 2.30. The van der Waals surface area contributed by atoms with Crippen molar-refractivity contribution in [3.05, 3.63) is 33.9 Å². The number of benzene rings is 1. The van der Waals surface area contributed by atoms with Crippen molar-refractivity contribution in [1.29, 1.82) is 0 Å². The van der Waals surface area contributed by atoms with Crippen LogP contribution in [0.4, 0.5) is 0 Å². The molecule has 0 radical (unpaired) electrons. The quantitative estimate of drug-likeness (QED) is 0.833. The van der Waals surface area contributed by atoms with E-state index < -0.39 is 0 Å². The monoisotopic (exact) mass is 279 g/mol. The van der Waals surface area contributed by atoms with Gasteiger partial charge in [-0.2, -0.15) is 0 Å². The first kappa shape index (κ1) is 11.4. The van der Waals surface area contributed by atoms with Crippen LogP contribution in [-0.4, -0.2) is 12.1 Å². The van der Waals surface area contributed by atoms with Crippen molar-refractivity contribution in [3.8, 4) is 5.75 Å². The average molecular weight is 280 g/mol. The van der Waals surface area contributed by atoms with Gasteiger partial charge in [-0.3, -0.25) is 4.98 Å². The SMILES string of the molecule is CCc1cc2cc(OC)c(Br)cc2nc1C. The minimum Gasteiger partial charge on any atom is -0.496 e. The largest absolute Gasteiger partial charge is 0.496 e. The second-order valence-electron chi connectivity index (χ2n) is 3.77. The Bertz CT molecular complexity index is 492. The molecule has 0 saturated heterocycles. The smallest absolute Gasteiger partial charge is 0.133 e. The van der Waals surface area contributed by atoms with E-state index in [1.807, 2.05) is 12.1 Å².